The number of hydrogen-bond acceptors (Lipinski definition) is 6. The average molecular weight is 362 g/mol. The third kappa shape index (κ3) is 2.73. The normalized spacial score (nSPS) is 17.7. The van der Waals surface area contributed by atoms with Crippen LogP contribution in [0.4, 0.5) is 0 Å². The van der Waals surface area contributed by atoms with Crippen LogP contribution in [-0.2, 0) is 0 Å². The Kier molecular flexibility index (Phi) is 3.63. The number of carbonyl (C=O) groups excluding carboxylic acids is 1. The second-order valence-corrected chi connectivity index (χ2v) is 6.85. The van der Waals surface area contributed by atoms with Gasteiger partial charge in [-0.05, 0) is 44.0 Å². The lowest BCUT2D eigenvalue weighted by Crippen LogP contribution is -2.39. The van der Waals surface area contributed by atoms with Crippen molar-refractivity contribution < 1.29 is 9.21 Å². The van der Waals surface area contributed by atoms with E-state index in [1.165, 1.54) is 0 Å². The van der Waals surface area contributed by atoms with Gasteiger partial charge in [-0.15, -0.1) is 10.2 Å². The zero-order valence-electron chi connectivity index (χ0n) is 14.9. The van der Waals surface area contributed by atoms with E-state index in [0.717, 1.165) is 23.9 Å². The van der Waals surface area contributed by atoms with Crippen molar-refractivity contribution in [2.45, 2.75) is 25.7 Å². The maximum Gasteiger partial charge on any atom is 0.274 e. The van der Waals surface area contributed by atoms with E-state index in [2.05, 4.69) is 20.3 Å². The fourth-order valence-corrected chi connectivity index (χ4v) is 3.60. The van der Waals surface area contributed by atoms with Crippen LogP contribution in [-0.4, -0.2) is 48.7 Å². The predicted molar refractivity (Wildman–Crippen MR) is 97.4 cm³/mol. The van der Waals surface area contributed by atoms with Crippen molar-refractivity contribution in [3.63, 3.8) is 0 Å². The van der Waals surface area contributed by atoms with Crippen molar-refractivity contribution in [1.29, 1.82) is 0 Å². The number of nitrogens with zero attached hydrogens (tertiary/aromatic N) is 6. The molecular formula is C19H18N6O2. The minimum atomic E-state index is -0.0918. The van der Waals surface area contributed by atoms with Crippen molar-refractivity contribution in [3.8, 4) is 0 Å². The highest BCUT2D eigenvalue weighted by Gasteiger charge is 2.29. The summed E-state index contributed by atoms with van der Waals surface area (Å²) in [5.41, 5.74) is 2.66. The number of oxazole rings is 1. The monoisotopic (exact) mass is 362 g/mol. The van der Waals surface area contributed by atoms with Gasteiger partial charge in [-0.25, -0.2) is 4.98 Å². The van der Waals surface area contributed by atoms with Crippen LogP contribution in [0.25, 0.3) is 16.7 Å². The molecule has 5 rings (SSSR count). The summed E-state index contributed by atoms with van der Waals surface area (Å²) in [5.74, 6) is 1.36. The molecule has 1 amide bonds. The lowest BCUT2D eigenvalue weighted by molar-refractivity contribution is 0.0691. The predicted octanol–water partition coefficient (Wildman–Crippen LogP) is 2.59. The summed E-state index contributed by atoms with van der Waals surface area (Å²) in [6.07, 6.45) is 1.86. The SMILES string of the molecule is Cc1nnc2ccc(C(=O)N3CCCC(c4nc5ccccc5o4)C3)nn12. The van der Waals surface area contributed by atoms with E-state index in [0.29, 0.717) is 36.1 Å². The number of carbonyl (C=O) groups is 1. The number of para-hydroxylation sites is 2. The second kappa shape index (κ2) is 6.15. The van der Waals surface area contributed by atoms with Gasteiger partial charge in [0.2, 0.25) is 0 Å². The van der Waals surface area contributed by atoms with Gasteiger partial charge in [0.25, 0.3) is 5.91 Å². The topological polar surface area (TPSA) is 89.4 Å². The highest BCUT2D eigenvalue weighted by Crippen LogP contribution is 2.29. The third-order valence-corrected chi connectivity index (χ3v) is 5.01. The Morgan fingerprint density at radius 3 is 2.96 bits per heavy atom. The molecule has 1 fully saturated rings. The van der Waals surface area contributed by atoms with Crippen LogP contribution in [0.3, 0.4) is 0 Å². The van der Waals surface area contributed by atoms with E-state index in [1.807, 2.05) is 36.1 Å². The van der Waals surface area contributed by atoms with Crippen molar-refractivity contribution in [2.75, 3.05) is 13.1 Å². The Morgan fingerprint density at radius 2 is 2.07 bits per heavy atom. The Bertz CT molecular complexity index is 1110. The first-order valence-corrected chi connectivity index (χ1v) is 9.03. The quantitative estimate of drug-likeness (QED) is 0.544. The van der Waals surface area contributed by atoms with Gasteiger partial charge in [0, 0.05) is 13.1 Å². The first-order chi connectivity index (χ1) is 13.2. The van der Waals surface area contributed by atoms with Crippen LogP contribution in [0.1, 0.15) is 41.0 Å². The van der Waals surface area contributed by atoms with E-state index >= 15 is 0 Å². The standard InChI is InChI=1S/C19H18N6O2/c1-12-21-22-17-9-8-15(23-25(12)17)19(26)24-10-4-5-13(11-24)18-20-14-6-2-3-7-16(14)27-18/h2-3,6-9,13H,4-5,10-11H2,1H3. The second-order valence-electron chi connectivity index (χ2n) is 6.85. The number of likely N-dealkylation sites (tertiary alicyclic amines) is 1. The summed E-state index contributed by atoms with van der Waals surface area (Å²) in [4.78, 5) is 19.4. The molecule has 8 nitrogen and oxygen atoms in total. The highest BCUT2D eigenvalue weighted by molar-refractivity contribution is 5.92. The maximum absolute atomic E-state index is 13.0. The Labute approximate surface area is 154 Å². The summed E-state index contributed by atoms with van der Waals surface area (Å²) in [6, 6.07) is 11.2. The lowest BCUT2D eigenvalue weighted by Gasteiger charge is -2.31. The Balaban J connectivity index is 1.40. The number of aromatic nitrogens is 5. The molecule has 0 spiro atoms. The largest absolute Gasteiger partial charge is 0.440 e. The number of aryl methyl sites for hydroxylation is 1. The molecule has 1 unspecified atom stereocenters. The van der Waals surface area contributed by atoms with Gasteiger partial charge in [-0.2, -0.15) is 9.61 Å². The molecule has 0 aliphatic carbocycles. The summed E-state index contributed by atoms with van der Waals surface area (Å²) in [7, 11) is 0. The zero-order valence-corrected chi connectivity index (χ0v) is 14.9. The van der Waals surface area contributed by atoms with E-state index < -0.39 is 0 Å². The summed E-state index contributed by atoms with van der Waals surface area (Å²) in [5, 5.41) is 12.4. The van der Waals surface area contributed by atoms with Crippen LogP contribution in [0, 0.1) is 6.92 Å². The molecule has 0 N–H and O–H groups in total. The molecule has 4 aromatic rings. The average Bonchev–Trinajstić information content (AvgIpc) is 3.31. The minimum absolute atomic E-state index is 0.0918. The maximum atomic E-state index is 13.0. The molecule has 4 heterocycles. The van der Waals surface area contributed by atoms with Gasteiger partial charge in [0.15, 0.2) is 22.9 Å². The van der Waals surface area contributed by atoms with Gasteiger partial charge in [-0.1, -0.05) is 12.1 Å². The van der Waals surface area contributed by atoms with Crippen molar-refractivity contribution in [1.82, 2.24) is 29.7 Å². The van der Waals surface area contributed by atoms with E-state index in [9.17, 15) is 4.79 Å². The van der Waals surface area contributed by atoms with Gasteiger partial charge < -0.3 is 9.32 Å². The van der Waals surface area contributed by atoms with E-state index in [-0.39, 0.29) is 11.8 Å². The molecule has 1 saturated heterocycles. The van der Waals surface area contributed by atoms with E-state index in [4.69, 9.17) is 4.42 Å². The van der Waals surface area contributed by atoms with Crippen LogP contribution in [0.5, 0.6) is 0 Å². The molecular weight excluding hydrogens is 344 g/mol. The molecule has 0 bridgehead atoms. The van der Waals surface area contributed by atoms with Crippen LogP contribution >= 0.6 is 0 Å². The van der Waals surface area contributed by atoms with Crippen LogP contribution in [0.2, 0.25) is 0 Å². The molecule has 0 radical (unpaired) electrons. The number of amides is 1. The number of hydrogen-bond donors (Lipinski definition) is 0. The molecule has 27 heavy (non-hydrogen) atoms. The molecule has 3 aromatic heterocycles. The van der Waals surface area contributed by atoms with Gasteiger partial charge in [0.1, 0.15) is 11.2 Å². The van der Waals surface area contributed by atoms with Crippen molar-refractivity contribution >= 4 is 22.7 Å². The van der Waals surface area contributed by atoms with Crippen molar-refractivity contribution in [3.05, 3.63) is 53.8 Å². The number of rotatable bonds is 2. The first-order valence-electron chi connectivity index (χ1n) is 9.03. The third-order valence-electron chi connectivity index (χ3n) is 5.01. The summed E-state index contributed by atoms with van der Waals surface area (Å²) in [6.45, 7) is 3.09. The molecule has 8 heteroatoms. The smallest absolute Gasteiger partial charge is 0.274 e. The van der Waals surface area contributed by atoms with Crippen molar-refractivity contribution in [2.24, 2.45) is 0 Å². The Morgan fingerprint density at radius 1 is 1.19 bits per heavy atom. The first kappa shape index (κ1) is 15.9. The van der Waals surface area contributed by atoms with Crippen LogP contribution in [0.15, 0.2) is 40.8 Å². The summed E-state index contributed by atoms with van der Waals surface area (Å²) >= 11 is 0. The van der Waals surface area contributed by atoms with Crippen LogP contribution < -0.4 is 0 Å². The zero-order chi connectivity index (χ0) is 18.4. The number of fused-ring (bicyclic) bond motifs is 2. The molecule has 1 aliphatic rings. The number of benzene rings is 1. The lowest BCUT2D eigenvalue weighted by atomic mass is 9.97. The molecule has 1 atom stereocenters. The fraction of sp³-hybridized carbons (Fsp3) is 0.316. The fourth-order valence-electron chi connectivity index (χ4n) is 3.60. The minimum Gasteiger partial charge on any atom is -0.440 e. The van der Waals surface area contributed by atoms with Gasteiger partial charge in [-0.3, -0.25) is 4.79 Å². The Hall–Kier alpha value is -3.29. The molecule has 1 aromatic carbocycles. The molecule has 136 valence electrons. The molecule has 0 saturated carbocycles. The van der Waals surface area contributed by atoms with Gasteiger partial charge in [0.05, 0.1) is 5.92 Å². The van der Waals surface area contributed by atoms with Gasteiger partial charge >= 0.3 is 0 Å². The highest BCUT2D eigenvalue weighted by atomic mass is 16.3. The molecule has 1 aliphatic heterocycles. The summed E-state index contributed by atoms with van der Waals surface area (Å²) < 4.78 is 7.51. The number of piperidine rings is 1. The van der Waals surface area contributed by atoms with E-state index in [1.54, 1.807) is 16.6 Å².